The lowest BCUT2D eigenvalue weighted by atomic mass is 10.1. The predicted molar refractivity (Wildman–Crippen MR) is 61.4 cm³/mol. The number of rotatable bonds is 5. The van der Waals surface area contributed by atoms with Gasteiger partial charge in [0.05, 0.1) is 13.2 Å². The monoisotopic (exact) mass is 230 g/mol. The van der Waals surface area contributed by atoms with E-state index in [-0.39, 0.29) is 17.6 Å². The molecule has 0 aliphatic carbocycles. The highest BCUT2D eigenvalue weighted by Gasteiger charge is 2.16. The van der Waals surface area contributed by atoms with Crippen LogP contribution in [0.3, 0.4) is 0 Å². The highest BCUT2D eigenvalue weighted by Crippen LogP contribution is 2.26. The Balaban J connectivity index is 3.01. The highest BCUT2D eigenvalue weighted by molar-refractivity contribution is 7.98. The number of nitrogens with one attached hydrogen (secondary N) is 1. The Morgan fingerprint density at radius 2 is 2.33 bits per heavy atom. The lowest BCUT2D eigenvalue weighted by Crippen LogP contribution is -2.30. The Morgan fingerprint density at radius 1 is 1.60 bits per heavy atom. The third kappa shape index (κ3) is 2.84. The van der Waals surface area contributed by atoms with E-state index in [0.717, 1.165) is 0 Å². The molecular formula is C10H15FN2OS. The van der Waals surface area contributed by atoms with Crippen LogP contribution in [0, 0.1) is 5.82 Å². The fourth-order valence-electron chi connectivity index (χ4n) is 1.35. The molecule has 1 aromatic carbocycles. The molecule has 0 aliphatic heterocycles. The van der Waals surface area contributed by atoms with Crippen molar-refractivity contribution in [3.8, 4) is 5.75 Å². The van der Waals surface area contributed by atoms with Gasteiger partial charge in [-0.05, 0) is 12.3 Å². The van der Waals surface area contributed by atoms with Gasteiger partial charge in [-0.1, -0.05) is 12.1 Å². The van der Waals surface area contributed by atoms with Crippen molar-refractivity contribution in [2.45, 2.75) is 6.04 Å². The minimum absolute atomic E-state index is 0.199. The minimum atomic E-state index is -0.350. The molecule has 0 amide bonds. The first-order chi connectivity index (χ1) is 7.24. The number of hydrogen-bond acceptors (Lipinski definition) is 4. The highest BCUT2D eigenvalue weighted by atomic mass is 32.2. The summed E-state index contributed by atoms with van der Waals surface area (Å²) in [4.78, 5) is 0. The van der Waals surface area contributed by atoms with Crippen molar-refractivity contribution in [2.75, 3.05) is 19.1 Å². The molecule has 1 rings (SSSR count). The van der Waals surface area contributed by atoms with E-state index in [4.69, 9.17) is 10.6 Å². The van der Waals surface area contributed by atoms with E-state index in [9.17, 15) is 4.39 Å². The Hall–Kier alpha value is -0.780. The Labute approximate surface area is 93.2 Å². The average molecular weight is 230 g/mol. The van der Waals surface area contributed by atoms with E-state index in [1.54, 1.807) is 30.0 Å². The molecule has 0 saturated heterocycles. The molecule has 0 radical (unpaired) electrons. The zero-order valence-corrected chi connectivity index (χ0v) is 9.60. The molecule has 5 heteroatoms. The SMILES string of the molecule is COc1cccc(C(CSC)NN)c1F. The van der Waals surface area contributed by atoms with Crippen LogP contribution in [0.2, 0.25) is 0 Å². The van der Waals surface area contributed by atoms with Crippen molar-refractivity contribution in [1.82, 2.24) is 5.43 Å². The molecule has 3 N–H and O–H groups in total. The van der Waals surface area contributed by atoms with Gasteiger partial charge >= 0.3 is 0 Å². The van der Waals surface area contributed by atoms with E-state index in [0.29, 0.717) is 11.3 Å². The summed E-state index contributed by atoms with van der Waals surface area (Å²) in [6.45, 7) is 0. The summed E-state index contributed by atoms with van der Waals surface area (Å²) in [7, 11) is 1.45. The minimum Gasteiger partial charge on any atom is -0.494 e. The summed E-state index contributed by atoms with van der Waals surface area (Å²) in [6.07, 6.45) is 1.95. The summed E-state index contributed by atoms with van der Waals surface area (Å²) < 4.78 is 18.7. The van der Waals surface area contributed by atoms with Crippen molar-refractivity contribution < 1.29 is 9.13 Å². The number of thioether (sulfide) groups is 1. The van der Waals surface area contributed by atoms with Crippen molar-refractivity contribution >= 4 is 11.8 Å². The van der Waals surface area contributed by atoms with E-state index < -0.39 is 0 Å². The van der Waals surface area contributed by atoms with E-state index in [1.807, 2.05) is 6.26 Å². The number of nitrogens with two attached hydrogens (primary N) is 1. The van der Waals surface area contributed by atoms with Gasteiger partial charge in [0.15, 0.2) is 11.6 Å². The predicted octanol–water partition coefficient (Wildman–Crippen LogP) is 1.70. The van der Waals surface area contributed by atoms with Crippen LogP contribution in [-0.4, -0.2) is 19.1 Å². The maximum atomic E-state index is 13.8. The average Bonchev–Trinajstić information content (AvgIpc) is 2.27. The third-order valence-electron chi connectivity index (χ3n) is 2.12. The second kappa shape index (κ2) is 5.95. The van der Waals surface area contributed by atoms with E-state index in [2.05, 4.69) is 5.43 Å². The summed E-state index contributed by atoms with van der Waals surface area (Å²) in [5.74, 6) is 5.98. The van der Waals surface area contributed by atoms with Crippen LogP contribution in [-0.2, 0) is 0 Å². The molecule has 0 heterocycles. The fourth-order valence-corrected chi connectivity index (χ4v) is 1.96. The second-order valence-electron chi connectivity index (χ2n) is 3.04. The molecule has 0 fully saturated rings. The van der Waals surface area contributed by atoms with Crippen molar-refractivity contribution in [3.05, 3.63) is 29.6 Å². The van der Waals surface area contributed by atoms with Gasteiger partial charge in [0.2, 0.25) is 0 Å². The van der Waals surface area contributed by atoms with Gasteiger partial charge in [0, 0.05) is 11.3 Å². The largest absolute Gasteiger partial charge is 0.494 e. The van der Waals surface area contributed by atoms with Gasteiger partial charge in [-0.15, -0.1) is 0 Å². The van der Waals surface area contributed by atoms with Gasteiger partial charge in [-0.3, -0.25) is 11.3 Å². The van der Waals surface area contributed by atoms with Gasteiger partial charge in [-0.2, -0.15) is 11.8 Å². The van der Waals surface area contributed by atoms with Crippen LogP contribution in [0.15, 0.2) is 18.2 Å². The van der Waals surface area contributed by atoms with Crippen molar-refractivity contribution in [2.24, 2.45) is 5.84 Å². The third-order valence-corrected chi connectivity index (χ3v) is 2.79. The van der Waals surface area contributed by atoms with Crippen LogP contribution in [0.4, 0.5) is 4.39 Å². The van der Waals surface area contributed by atoms with Crippen LogP contribution >= 0.6 is 11.8 Å². The Morgan fingerprint density at radius 3 is 2.87 bits per heavy atom. The smallest absolute Gasteiger partial charge is 0.169 e. The maximum Gasteiger partial charge on any atom is 0.169 e. The standard InChI is InChI=1S/C10H15FN2OS/c1-14-9-5-3-4-7(10(9)11)8(13-12)6-15-2/h3-5,8,13H,6,12H2,1-2H3. The molecular weight excluding hydrogens is 215 g/mol. The summed E-state index contributed by atoms with van der Waals surface area (Å²) >= 11 is 1.60. The first-order valence-corrected chi connectivity index (χ1v) is 5.91. The van der Waals surface area contributed by atoms with Gasteiger partial charge in [0.1, 0.15) is 0 Å². The number of benzene rings is 1. The molecule has 0 aliphatic rings. The molecule has 1 atom stereocenters. The van der Waals surface area contributed by atoms with Crippen LogP contribution in [0.25, 0.3) is 0 Å². The first-order valence-electron chi connectivity index (χ1n) is 4.52. The zero-order chi connectivity index (χ0) is 11.3. The molecule has 1 unspecified atom stereocenters. The lowest BCUT2D eigenvalue weighted by molar-refractivity contribution is 0.381. The number of hydrogen-bond donors (Lipinski definition) is 2. The molecule has 1 aromatic rings. The van der Waals surface area contributed by atoms with Crippen molar-refractivity contribution in [1.29, 1.82) is 0 Å². The quantitative estimate of drug-likeness (QED) is 0.597. The van der Waals surface area contributed by atoms with Gasteiger partial charge in [-0.25, -0.2) is 4.39 Å². The summed E-state index contributed by atoms with van der Waals surface area (Å²) in [6, 6.07) is 4.85. The van der Waals surface area contributed by atoms with Crippen LogP contribution < -0.4 is 16.0 Å². The molecule has 15 heavy (non-hydrogen) atoms. The number of methoxy groups -OCH3 is 1. The Bertz CT molecular complexity index is 322. The topological polar surface area (TPSA) is 47.3 Å². The Kier molecular flexibility index (Phi) is 4.87. The van der Waals surface area contributed by atoms with Gasteiger partial charge < -0.3 is 4.74 Å². The van der Waals surface area contributed by atoms with Crippen LogP contribution in [0.1, 0.15) is 11.6 Å². The molecule has 0 bridgehead atoms. The summed E-state index contributed by atoms with van der Waals surface area (Å²) in [5, 5.41) is 0. The first kappa shape index (κ1) is 12.3. The maximum absolute atomic E-state index is 13.8. The van der Waals surface area contributed by atoms with Crippen molar-refractivity contribution in [3.63, 3.8) is 0 Å². The molecule has 0 aromatic heterocycles. The van der Waals surface area contributed by atoms with E-state index in [1.165, 1.54) is 7.11 Å². The molecule has 3 nitrogen and oxygen atoms in total. The normalized spacial score (nSPS) is 12.5. The van der Waals surface area contributed by atoms with Crippen LogP contribution in [0.5, 0.6) is 5.75 Å². The molecule has 84 valence electrons. The van der Waals surface area contributed by atoms with Gasteiger partial charge in [0.25, 0.3) is 0 Å². The molecule has 0 saturated carbocycles. The second-order valence-corrected chi connectivity index (χ2v) is 3.95. The molecule has 0 spiro atoms. The number of halogens is 1. The zero-order valence-electron chi connectivity index (χ0n) is 8.79. The summed E-state index contributed by atoms with van der Waals surface area (Å²) in [5.41, 5.74) is 3.13. The number of ether oxygens (including phenoxy) is 1. The fraction of sp³-hybridized carbons (Fsp3) is 0.400. The van der Waals surface area contributed by atoms with E-state index >= 15 is 0 Å². The lowest BCUT2D eigenvalue weighted by Gasteiger charge is -2.16. The number of hydrazine groups is 1.